The zero-order valence-corrected chi connectivity index (χ0v) is 15.2. The van der Waals surface area contributed by atoms with Crippen LogP contribution in [0.15, 0.2) is 42.6 Å². The van der Waals surface area contributed by atoms with E-state index in [-0.39, 0.29) is 11.8 Å². The van der Waals surface area contributed by atoms with Gasteiger partial charge in [-0.05, 0) is 29.8 Å². The van der Waals surface area contributed by atoms with Crippen LogP contribution in [0.5, 0.6) is 11.5 Å². The van der Waals surface area contributed by atoms with Crippen molar-refractivity contribution in [1.82, 2.24) is 20.2 Å². The maximum atomic E-state index is 13.9. The van der Waals surface area contributed by atoms with Crippen LogP contribution in [0.1, 0.15) is 0 Å². The molecule has 0 saturated carbocycles. The number of aromatic amines is 1. The van der Waals surface area contributed by atoms with E-state index in [1.54, 1.807) is 44.7 Å². The summed E-state index contributed by atoms with van der Waals surface area (Å²) in [4.78, 5) is 8.37. The van der Waals surface area contributed by atoms with E-state index in [0.717, 1.165) is 5.56 Å². The molecule has 0 aliphatic heterocycles. The van der Waals surface area contributed by atoms with E-state index in [9.17, 15) is 4.39 Å². The quantitative estimate of drug-likeness (QED) is 0.486. The Balaban J connectivity index is 1.80. The second-order valence-electron chi connectivity index (χ2n) is 5.92. The van der Waals surface area contributed by atoms with E-state index >= 15 is 0 Å². The molecule has 0 atom stereocenters. The highest BCUT2D eigenvalue weighted by Crippen LogP contribution is 2.36. The van der Waals surface area contributed by atoms with E-state index in [2.05, 4.69) is 25.5 Å². The number of H-pyrrole nitrogens is 1. The molecular weight excluding hydrogens is 363 g/mol. The Morgan fingerprint density at radius 1 is 1.07 bits per heavy atom. The maximum Gasteiger partial charge on any atom is 0.221 e. The lowest BCUT2D eigenvalue weighted by Crippen LogP contribution is -2.03. The van der Waals surface area contributed by atoms with Crippen molar-refractivity contribution in [1.29, 1.82) is 0 Å². The number of aromatic nitrogens is 4. The van der Waals surface area contributed by atoms with Gasteiger partial charge in [-0.2, -0.15) is 10.1 Å². The number of benzene rings is 2. The Morgan fingerprint density at radius 3 is 2.68 bits per heavy atom. The Morgan fingerprint density at radius 2 is 1.89 bits per heavy atom. The van der Waals surface area contributed by atoms with E-state index < -0.39 is 0 Å². The normalized spacial score (nSPS) is 10.8. The van der Waals surface area contributed by atoms with Gasteiger partial charge >= 0.3 is 0 Å². The third-order valence-corrected chi connectivity index (χ3v) is 4.29. The summed E-state index contributed by atoms with van der Waals surface area (Å²) in [6.07, 6.45) is 1.60. The van der Waals surface area contributed by atoms with E-state index in [4.69, 9.17) is 15.2 Å². The molecular formula is C19H17FN6O2. The van der Waals surface area contributed by atoms with Crippen LogP contribution in [-0.2, 0) is 0 Å². The van der Waals surface area contributed by atoms with Crippen molar-refractivity contribution in [2.45, 2.75) is 0 Å². The molecule has 28 heavy (non-hydrogen) atoms. The first-order valence-electron chi connectivity index (χ1n) is 8.35. The number of halogens is 1. The van der Waals surface area contributed by atoms with Crippen LogP contribution < -0.4 is 20.5 Å². The number of nitrogens with two attached hydrogens (primary N) is 1. The molecule has 0 aliphatic carbocycles. The van der Waals surface area contributed by atoms with E-state index in [1.165, 1.54) is 6.07 Å². The van der Waals surface area contributed by atoms with Gasteiger partial charge in [-0.15, -0.1) is 0 Å². The molecule has 4 aromatic rings. The Labute approximate surface area is 159 Å². The van der Waals surface area contributed by atoms with Crippen LogP contribution in [0.25, 0.3) is 22.0 Å². The Bertz CT molecular complexity index is 1160. The number of methoxy groups -OCH3 is 2. The van der Waals surface area contributed by atoms with Crippen LogP contribution in [0.4, 0.5) is 22.0 Å². The maximum absolute atomic E-state index is 13.9. The summed E-state index contributed by atoms with van der Waals surface area (Å²) in [6, 6.07) is 10.2. The predicted molar refractivity (Wildman–Crippen MR) is 104 cm³/mol. The lowest BCUT2D eigenvalue weighted by atomic mass is 10.1. The molecule has 4 rings (SSSR count). The Hall–Kier alpha value is -3.88. The molecule has 0 radical (unpaired) electrons. The molecule has 0 amide bonds. The zero-order valence-electron chi connectivity index (χ0n) is 15.2. The van der Waals surface area contributed by atoms with Crippen LogP contribution >= 0.6 is 0 Å². The molecule has 142 valence electrons. The number of nitrogens with one attached hydrogen (secondary N) is 2. The molecule has 8 nitrogen and oxygen atoms in total. The molecule has 0 saturated heterocycles. The number of hydrogen-bond acceptors (Lipinski definition) is 7. The van der Waals surface area contributed by atoms with Crippen molar-refractivity contribution >= 4 is 28.5 Å². The first kappa shape index (κ1) is 17.5. The zero-order chi connectivity index (χ0) is 19.7. The van der Waals surface area contributed by atoms with Gasteiger partial charge in [-0.1, -0.05) is 12.1 Å². The van der Waals surface area contributed by atoms with Crippen molar-refractivity contribution < 1.29 is 13.9 Å². The SMILES string of the molecule is COc1ccc(-c2cnc(N)nc2Nc2n[nH]c3c(F)cccc23)cc1OC. The van der Waals surface area contributed by atoms with Gasteiger partial charge in [-0.25, -0.2) is 9.37 Å². The average molecular weight is 380 g/mol. The molecule has 0 unspecified atom stereocenters. The molecule has 2 aromatic heterocycles. The summed E-state index contributed by atoms with van der Waals surface area (Å²) in [5.41, 5.74) is 7.54. The smallest absolute Gasteiger partial charge is 0.221 e. The van der Waals surface area contributed by atoms with Crippen LogP contribution in [-0.4, -0.2) is 34.4 Å². The van der Waals surface area contributed by atoms with Crippen LogP contribution in [0.3, 0.4) is 0 Å². The molecule has 0 spiro atoms. The number of ether oxygens (including phenoxy) is 2. The fraction of sp³-hybridized carbons (Fsp3) is 0.105. The second-order valence-corrected chi connectivity index (χ2v) is 5.92. The number of fused-ring (bicyclic) bond motifs is 1. The number of nitrogen functional groups attached to an aromatic ring is 1. The fourth-order valence-electron chi connectivity index (χ4n) is 2.92. The van der Waals surface area contributed by atoms with Crippen LogP contribution in [0.2, 0.25) is 0 Å². The van der Waals surface area contributed by atoms with Gasteiger partial charge in [-0.3, -0.25) is 5.10 Å². The number of para-hydroxylation sites is 1. The fourth-order valence-corrected chi connectivity index (χ4v) is 2.92. The number of hydrogen-bond donors (Lipinski definition) is 3. The van der Waals surface area contributed by atoms with E-state index in [1.807, 2.05) is 6.07 Å². The minimum Gasteiger partial charge on any atom is -0.493 e. The minimum atomic E-state index is -0.389. The van der Waals surface area contributed by atoms with E-state index in [0.29, 0.717) is 39.6 Å². The lowest BCUT2D eigenvalue weighted by molar-refractivity contribution is 0.355. The van der Waals surface area contributed by atoms with Gasteiger partial charge in [0.1, 0.15) is 17.2 Å². The topological polar surface area (TPSA) is 111 Å². The third kappa shape index (κ3) is 3.02. The summed E-state index contributed by atoms with van der Waals surface area (Å²) >= 11 is 0. The van der Waals surface area contributed by atoms with Crippen molar-refractivity contribution in [3.05, 3.63) is 48.4 Å². The minimum absolute atomic E-state index is 0.0951. The summed E-state index contributed by atoms with van der Waals surface area (Å²) < 4.78 is 24.6. The molecule has 9 heteroatoms. The predicted octanol–water partition coefficient (Wildman–Crippen LogP) is 3.50. The number of anilines is 3. The highest BCUT2D eigenvalue weighted by molar-refractivity contribution is 5.93. The van der Waals surface area contributed by atoms with Crippen molar-refractivity contribution in [3.8, 4) is 22.6 Å². The average Bonchev–Trinajstić information content (AvgIpc) is 3.12. The van der Waals surface area contributed by atoms with Crippen molar-refractivity contribution in [3.63, 3.8) is 0 Å². The summed E-state index contributed by atoms with van der Waals surface area (Å²) in [5.74, 6) is 1.73. The largest absolute Gasteiger partial charge is 0.493 e. The molecule has 4 N–H and O–H groups in total. The monoisotopic (exact) mass is 380 g/mol. The van der Waals surface area contributed by atoms with Gasteiger partial charge in [0.15, 0.2) is 17.3 Å². The van der Waals surface area contributed by atoms with Gasteiger partial charge in [0, 0.05) is 17.1 Å². The van der Waals surface area contributed by atoms with Gasteiger partial charge < -0.3 is 20.5 Å². The highest BCUT2D eigenvalue weighted by Gasteiger charge is 2.15. The van der Waals surface area contributed by atoms with Crippen molar-refractivity contribution in [2.75, 3.05) is 25.3 Å². The molecule has 2 aromatic carbocycles. The number of nitrogens with zero attached hydrogens (tertiary/aromatic N) is 3. The van der Waals surface area contributed by atoms with Crippen LogP contribution in [0, 0.1) is 5.82 Å². The first-order valence-corrected chi connectivity index (χ1v) is 8.35. The lowest BCUT2D eigenvalue weighted by Gasteiger charge is -2.13. The van der Waals surface area contributed by atoms with Gasteiger partial charge in [0.2, 0.25) is 5.95 Å². The van der Waals surface area contributed by atoms with Gasteiger partial charge in [0.25, 0.3) is 0 Å². The summed E-state index contributed by atoms with van der Waals surface area (Å²) in [5, 5.41) is 10.5. The van der Waals surface area contributed by atoms with Gasteiger partial charge in [0.05, 0.1) is 14.2 Å². The summed E-state index contributed by atoms with van der Waals surface area (Å²) in [7, 11) is 3.13. The molecule has 0 bridgehead atoms. The standard InChI is InChI=1S/C19H17FN6O2/c1-27-14-7-6-10(8-15(14)28-2)12-9-22-19(21)24-17(12)23-18-11-4-3-5-13(20)16(11)25-26-18/h3-9H,1-2H3,(H4,21,22,23,24,25,26). The molecule has 2 heterocycles. The first-order chi connectivity index (χ1) is 13.6. The second kappa shape index (κ2) is 7.03. The summed E-state index contributed by atoms with van der Waals surface area (Å²) in [6.45, 7) is 0. The molecule has 0 fully saturated rings. The Kier molecular flexibility index (Phi) is 4.40. The highest BCUT2D eigenvalue weighted by atomic mass is 19.1. The third-order valence-electron chi connectivity index (χ3n) is 4.29. The number of rotatable bonds is 5. The molecule has 0 aliphatic rings. The van der Waals surface area contributed by atoms with Crippen molar-refractivity contribution in [2.24, 2.45) is 0 Å².